The summed E-state index contributed by atoms with van der Waals surface area (Å²) in [5, 5.41) is 3.02. The number of Topliss-reactive ketones (excluding diaryl/α,β-unsaturated/α-hetero) is 1. The first kappa shape index (κ1) is 27.4. The normalized spacial score (nSPS) is 11.1. The molecule has 0 saturated carbocycles. The van der Waals surface area contributed by atoms with Gasteiger partial charge in [0.1, 0.15) is 5.78 Å². The maximum atomic E-state index is 12.0. The molecule has 4 nitrogen and oxygen atoms in total. The van der Waals surface area contributed by atoms with E-state index >= 15 is 0 Å². The Hall–Kier alpha value is -1.68. The Morgan fingerprint density at radius 2 is 1.26 bits per heavy atom. The van der Waals surface area contributed by atoms with E-state index in [9.17, 15) is 9.59 Å². The van der Waals surface area contributed by atoms with E-state index in [2.05, 4.69) is 29.6 Å². The number of benzene rings is 1. The highest BCUT2D eigenvalue weighted by molar-refractivity contribution is 5.80. The maximum Gasteiger partial charge on any atom is 0.220 e. The molecule has 1 N–H and O–H groups in total. The van der Waals surface area contributed by atoms with Crippen LogP contribution in [0.4, 0.5) is 0 Å². The summed E-state index contributed by atoms with van der Waals surface area (Å²) in [6.07, 6.45) is 13.3. The van der Waals surface area contributed by atoms with Crippen LogP contribution in [0.1, 0.15) is 109 Å². The first-order chi connectivity index (χ1) is 15.0. The summed E-state index contributed by atoms with van der Waals surface area (Å²) in [6, 6.07) is 8.23. The Labute approximate surface area is 190 Å². The Morgan fingerprint density at radius 3 is 1.77 bits per heavy atom. The maximum absolute atomic E-state index is 12.0. The van der Waals surface area contributed by atoms with Crippen LogP contribution in [-0.2, 0) is 27.5 Å². The standard InChI is InChI=1S/C27H45NO3/c1-4-31-22-25-19-17-24(18-20-25)21-28-27(30)16-14-12-10-8-6-5-7-9-11-13-15-26(29)23(2)3/h17-20,23H,4-16,21-22H2,1-3H3,(H,28,30). The van der Waals surface area contributed by atoms with Gasteiger partial charge in [0.15, 0.2) is 0 Å². The summed E-state index contributed by atoms with van der Waals surface area (Å²) >= 11 is 0. The Kier molecular flexibility index (Phi) is 15.8. The Bertz CT molecular complexity index is 595. The average molecular weight is 432 g/mol. The van der Waals surface area contributed by atoms with Gasteiger partial charge in [-0.05, 0) is 30.9 Å². The van der Waals surface area contributed by atoms with Crippen LogP contribution in [0, 0.1) is 5.92 Å². The lowest BCUT2D eigenvalue weighted by Crippen LogP contribution is -2.22. The van der Waals surface area contributed by atoms with E-state index in [1.165, 1.54) is 44.9 Å². The van der Waals surface area contributed by atoms with Gasteiger partial charge in [0.25, 0.3) is 0 Å². The van der Waals surface area contributed by atoms with E-state index in [-0.39, 0.29) is 11.8 Å². The lowest BCUT2D eigenvalue weighted by atomic mass is 10.0. The largest absolute Gasteiger partial charge is 0.377 e. The number of ether oxygens (including phenoxy) is 1. The van der Waals surface area contributed by atoms with Crippen LogP contribution >= 0.6 is 0 Å². The van der Waals surface area contributed by atoms with Crippen LogP contribution in [0.5, 0.6) is 0 Å². The lowest BCUT2D eigenvalue weighted by Gasteiger charge is -2.07. The van der Waals surface area contributed by atoms with Crippen LogP contribution in [0.25, 0.3) is 0 Å². The third kappa shape index (κ3) is 14.9. The number of hydrogen-bond acceptors (Lipinski definition) is 3. The van der Waals surface area contributed by atoms with Crippen molar-refractivity contribution in [3.8, 4) is 0 Å². The molecule has 1 aromatic rings. The summed E-state index contributed by atoms with van der Waals surface area (Å²) in [7, 11) is 0. The van der Waals surface area contributed by atoms with Gasteiger partial charge >= 0.3 is 0 Å². The molecule has 1 aromatic carbocycles. The second-order valence-electron chi connectivity index (χ2n) is 8.89. The van der Waals surface area contributed by atoms with Crippen molar-refractivity contribution < 1.29 is 14.3 Å². The predicted octanol–water partition coefficient (Wildman–Crippen LogP) is 6.75. The molecule has 0 heterocycles. The van der Waals surface area contributed by atoms with Crippen LogP contribution in [-0.4, -0.2) is 18.3 Å². The second-order valence-corrected chi connectivity index (χ2v) is 8.89. The molecule has 0 fully saturated rings. The zero-order valence-corrected chi connectivity index (χ0v) is 20.2. The molecule has 0 aliphatic carbocycles. The first-order valence-corrected chi connectivity index (χ1v) is 12.5. The van der Waals surface area contributed by atoms with Crippen molar-refractivity contribution in [1.29, 1.82) is 0 Å². The van der Waals surface area contributed by atoms with Crippen molar-refractivity contribution in [3.05, 3.63) is 35.4 Å². The van der Waals surface area contributed by atoms with Gasteiger partial charge in [0.05, 0.1) is 6.61 Å². The molecule has 0 saturated heterocycles. The first-order valence-electron chi connectivity index (χ1n) is 12.5. The molecule has 0 aromatic heterocycles. The molecule has 0 bridgehead atoms. The van der Waals surface area contributed by atoms with Crippen molar-refractivity contribution in [1.82, 2.24) is 5.32 Å². The van der Waals surface area contributed by atoms with Crippen LogP contribution in [0.15, 0.2) is 24.3 Å². The quantitative estimate of drug-likeness (QED) is 0.247. The molecule has 0 radical (unpaired) electrons. The average Bonchev–Trinajstić information content (AvgIpc) is 2.77. The highest BCUT2D eigenvalue weighted by atomic mass is 16.5. The van der Waals surface area contributed by atoms with E-state index in [4.69, 9.17) is 4.74 Å². The third-order valence-corrected chi connectivity index (χ3v) is 5.71. The van der Waals surface area contributed by atoms with Crippen molar-refractivity contribution >= 4 is 11.7 Å². The van der Waals surface area contributed by atoms with E-state index in [1.54, 1.807) is 0 Å². The second kappa shape index (κ2) is 17.9. The lowest BCUT2D eigenvalue weighted by molar-refractivity contribution is -0.122. The fourth-order valence-corrected chi connectivity index (χ4v) is 3.55. The SMILES string of the molecule is CCOCc1ccc(CNC(=O)CCCCCCCCCCCCC(=O)C(C)C)cc1. The molecule has 176 valence electrons. The zero-order chi connectivity index (χ0) is 22.7. The molecule has 0 aliphatic rings. The van der Waals surface area contributed by atoms with Gasteiger partial charge in [-0.3, -0.25) is 9.59 Å². The molecule has 4 heteroatoms. The summed E-state index contributed by atoms with van der Waals surface area (Å²) in [6.45, 7) is 7.93. The molecule has 0 atom stereocenters. The number of nitrogens with one attached hydrogen (secondary N) is 1. The molecule has 0 unspecified atom stereocenters. The summed E-state index contributed by atoms with van der Waals surface area (Å²) < 4.78 is 5.40. The molecule has 0 aliphatic heterocycles. The van der Waals surface area contributed by atoms with E-state index in [0.29, 0.717) is 25.4 Å². The van der Waals surface area contributed by atoms with Gasteiger partial charge in [0.2, 0.25) is 5.91 Å². The summed E-state index contributed by atoms with van der Waals surface area (Å²) in [5.41, 5.74) is 2.29. The number of unbranched alkanes of at least 4 members (excludes halogenated alkanes) is 9. The van der Waals surface area contributed by atoms with Crippen LogP contribution < -0.4 is 5.32 Å². The van der Waals surface area contributed by atoms with Gasteiger partial charge in [-0.1, -0.05) is 89.5 Å². The third-order valence-electron chi connectivity index (χ3n) is 5.71. The number of carbonyl (C=O) groups is 2. The summed E-state index contributed by atoms with van der Waals surface area (Å²) in [4.78, 5) is 23.6. The van der Waals surface area contributed by atoms with Crippen molar-refractivity contribution in [2.75, 3.05) is 6.61 Å². The van der Waals surface area contributed by atoms with Gasteiger partial charge in [-0.25, -0.2) is 0 Å². The molecular formula is C27H45NO3. The fraction of sp³-hybridized carbons (Fsp3) is 0.704. The molecule has 0 spiro atoms. The minimum absolute atomic E-state index is 0.148. The zero-order valence-electron chi connectivity index (χ0n) is 20.2. The molecular weight excluding hydrogens is 386 g/mol. The minimum atomic E-state index is 0.148. The van der Waals surface area contributed by atoms with E-state index in [1.807, 2.05) is 20.8 Å². The number of ketones is 1. The van der Waals surface area contributed by atoms with Crippen molar-refractivity contribution in [2.45, 2.75) is 111 Å². The van der Waals surface area contributed by atoms with E-state index in [0.717, 1.165) is 43.4 Å². The topological polar surface area (TPSA) is 55.4 Å². The van der Waals surface area contributed by atoms with Crippen LogP contribution in [0.2, 0.25) is 0 Å². The monoisotopic (exact) mass is 431 g/mol. The summed E-state index contributed by atoms with van der Waals surface area (Å²) in [5.74, 6) is 0.740. The number of hydrogen-bond donors (Lipinski definition) is 1. The Balaban J connectivity index is 1.91. The van der Waals surface area contributed by atoms with Crippen molar-refractivity contribution in [2.24, 2.45) is 5.92 Å². The number of carbonyl (C=O) groups excluding carboxylic acids is 2. The highest BCUT2D eigenvalue weighted by Crippen LogP contribution is 2.13. The van der Waals surface area contributed by atoms with Gasteiger partial charge in [0, 0.05) is 31.9 Å². The van der Waals surface area contributed by atoms with Gasteiger partial charge in [-0.2, -0.15) is 0 Å². The van der Waals surface area contributed by atoms with Crippen molar-refractivity contribution in [3.63, 3.8) is 0 Å². The molecule has 1 amide bonds. The number of amides is 1. The highest BCUT2D eigenvalue weighted by Gasteiger charge is 2.06. The Morgan fingerprint density at radius 1 is 0.774 bits per heavy atom. The van der Waals surface area contributed by atoms with Gasteiger partial charge in [-0.15, -0.1) is 0 Å². The molecule has 1 rings (SSSR count). The minimum Gasteiger partial charge on any atom is -0.377 e. The van der Waals surface area contributed by atoms with E-state index < -0.39 is 0 Å². The van der Waals surface area contributed by atoms with Gasteiger partial charge < -0.3 is 10.1 Å². The smallest absolute Gasteiger partial charge is 0.220 e. The molecule has 31 heavy (non-hydrogen) atoms. The fourth-order valence-electron chi connectivity index (χ4n) is 3.55. The predicted molar refractivity (Wildman–Crippen MR) is 129 cm³/mol. The van der Waals surface area contributed by atoms with Crippen LogP contribution in [0.3, 0.4) is 0 Å². The number of rotatable bonds is 19.